The minimum atomic E-state index is -0.232. The number of nitrogens with one attached hydrogen (secondary N) is 1. The Morgan fingerprint density at radius 3 is 2.43 bits per heavy atom. The maximum absolute atomic E-state index is 12.0. The molecule has 0 fully saturated rings. The Hall–Kier alpha value is -2.79. The van der Waals surface area contributed by atoms with E-state index >= 15 is 0 Å². The fourth-order valence-electron chi connectivity index (χ4n) is 2.59. The lowest BCUT2D eigenvalue weighted by Gasteiger charge is -2.19. The van der Waals surface area contributed by atoms with Crippen molar-refractivity contribution < 1.29 is 14.1 Å². The molecule has 0 aliphatic heterocycles. The third-order valence-corrected chi connectivity index (χ3v) is 4.50. The summed E-state index contributed by atoms with van der Waals surface area (Å²) in [5.74, 6) is 0.991. The highest BCUT2D eigenvalue weighted by atomic mass is 35.5. The van der Waals surface area contributed by atoms with Crippen LogP contribution >= 0.6 is 11.6 Å². The molecule has 0 saturated carbocycles. The van der Waals surface area contributed by atoms with Crippen LogP contribution in [0.15, 0.2) is 59.1 Å². The van der Waals surface area contributed by atoms with Gasteiger partial charge >= 0.3 is 0 Å². The third kappa shape index (κ3) is 5.36. The fraction of sp³-hybridized carbons (Fsp3) is 0.273. The molecule has 0 aliphatic rings. The summed E-state index contributed by atoms with van der Waals surface area (Å²) in [5.41, 5.74) is 2.88. The van der Waals surface area contributed by atoms with Gasteiger partial charge < -0.3 is 14.6 Å². The van der Waals surface area contributed by atoms with Crippen LogP contribution in [0.1, 0.15) is 32.1 Å². The van der Waals surface area contributed by atoms with Gasteiger partial charge in [0.2, 0.25) is 0 Å². The van der Waals surface area contributed by atoms with Gasteiger partial charge in [-0.2, -0.15) is 0 Å². The van der Waals surface area contributed by atoms with E-state index in [0.29, 0.717) is 22.2 Å². The summed E-state index contributed by atoms with van der Waals surface area (Å²) >= 11 is 5.89. The standard InChI is InChI=1S/C22H23ClN2O3/c1-22(2,3)16-6-10-18(11-7-16)27-14-21(26)24-13-19-12-20(25-28-19)15-4-8-17(23)9-5-15/h4-12H,13-14H2,1-3H3,(H,24,26). The topological polar surface area (TPSA) is 64.4 Å². The number of carbonyl (C=O) groups is 1. The molecule has 6 heteroatoms. The highest BCUT2D eigenvalue weighted by molar-refractivity contribution is 6.30. The van der Waals surface area contributed by atoms with E-state index in [0.717, 1.165) is 5.56 Å². The normalized spacial score (nSPS) is 11.3. The van der Waals surface area contributed by atoms with Crippen molar-refractivity contribution in [1.82, 2.24) is 10.5 Å². The zero-order valence-corrected chi connectivity index (χ0v) is 16.9. The molecule has 5 nitrogen and oxygen atoms in total. The minimum Gasteiger partial charge on any atom is -0.484 e. The van der Waals surface area contributed by atoms with Crippen molar-refractivity contribution in [2.45, 2.75) is 32.7 Å². The zero-order valence-electron chi connectivity index (χ0n) is 16.2. The van der Waals surface area contributed by atoms with Crippen LogP contribution in [0.5, 0.6) is 5.75 Å². The molecular formula is C22H23ClN2O3. The molecule has 28 heavy (non-hydrogen) atoms. The van der Waals surface area contributed by atoms with Crippen molar-refractivity contribution in [2.75, 3.05) is 6.61 Å². The van der Waals surface area contributed by atoms with Gasteiger partial charge in [0.25, 0.3) is 5.91 Å². The number of amides is 1. The second-order valence-corrected chi connectivity index (χ2v) is 7.96. The molecule has 0 unspecified atom stereocenters. The predicted molar refractivity (Wildman–Crippen MR) is 109 cm³/mol. The Morgan fingerprint density at radius 1 is 1.11 bits per heavy atom. The molecule has 146 valence electrons. The lowest BCUT2D eigenvalue weighted by molar-refractivity contribution is -0.123. The Labute approximate surface area is 169 Å². The van der Waals surface area contributed by atoms with E-state index in [2.05, 4.69) is 31.2 Å². The quantitative estimate of drug-likeness (QED) is 0.635. The van der Waals surface area contributed by atoms with Crippen LogP contribution in [-0.2, 0) is 16.8 Å². The first kappa shape index (κ1) is 20.0. The summed E-state index contributed by atoms with van der Waals surface area (Å²) in [4.78, 5) is 12.0. The second-order valence-electron chi connectivity index (χ2n) is 7.53. The lowest BCUT2D eigenvalue weighted by Crippen LogP contribution is -2.28. The van der Waals surface area contributed by atoms with Crippen molar-refractivity contribution in [3.8, 4) is 17.0 Å². The van der Waals surface area contributed by atoms with E-state index in [-0.39, 0.29) is 24.5 Å². The van der Waals surface area contributed by atoms with Crippen molar-refractivity contribution >= 4 is 17.5 Å². The first-order valence-corrected chi connectivity index (χ1v) is 9.40. The Kier molecular flexibility index (Phi) is 6.05. The molecule has 0 atom stereocenters. The molecule has 2 aromatic carbocycles. The zero-order chi connectivity index (χ0) is 20.1. The molecule has 0 spiro atoms. The molecule has 3 aromatic rings. The van der Waals surface area contributed by atoms with Crippen molar-refractivity contribution in [2.24, 2.45) is 0 Å². The summed E-state index contributed by atoms with van der Waals surface area (Å²) in [6, 6.07) is 16.9. The maximum atomic E-state index is 12.0. The van der Waals surface area contributed by atoms with Crippen LogP contribution in [0.2, 0.25) is 5.02 Å². The highest BCUT2D eigenvalue weighted by Crippen LogP contribution is 2.24. The molecule has 0 bridgehead atoms. The van der Waals surface area contributed by atoms with E-state index in [9.17, 15) is 4.79 Å². The molecule has 3 rings (SSSR count). The number of hydrogen-bond acceptors (Lipinski definition) is 4. The van der Waals surface area contributed by atoms with Gasteiger partial charge in [-0.3, -0.25) is 4.79 Å². The summed E-state index contributed by atoms with van der Waals surface area (Å²) in [6.07, 6.45) is 0. The van der Waals surface area contributed by atoms with Gasteiger partial charge in [-0.15, -0.1) is 0 Å². The number of benzene rings is 2. The Bertz CT molecular complexity index is 926. The summed E-state index contributed by atoms with van der Waals surface area (Å²) in [6.45, 7) is 6.63. The molecule has 1 aromatic heterocycles. The largest absolute Gasteiger partial charge is 0.484 e. The number of ether oxygens (including phenoxy) is 1. The van der Waals surface area contributed by atoms with E-state index in [4.69, 9.17) is 20.9 Å². The third-order valence-electron chi connectivity index (χ3n) is 4.25. The van der Waals surface area contributed by atoms with E-state index in [1.54, 1.807) is 18.2 Å². The number of rotatable bonds is 6. The number of nitrogens with zero attached hydrogens (tertiary/aromatic N) is 1. The Balaban J connectivity index is 1.47. The van der Waals surface area contributed by atoms with Gasteiger partial charge in [0.15, 0.2) is 12.4 Å². The van der Waals surface area contributed by atoms with Crippen LogP contribution in [0.4, 0.5) is 0 Å². The van der Waals surface area contributed by atoms with Crippen LogP contribution in [0.3, 0.4) is 0 Å². The first-order chi connectivity index (χ1) is 13.3. The first-order valence-electron chi connectivity index (χ1n) is 9.03. The number of halogens is 1. The SMILES string of the molecule is CC(C)(C)c1ccc(OCC(=O)NCc2cc(-c3ccc(Cl)cc3)no2)cc1. The molecule has 1 heterocycles. The van der Waals surface area contributed by atoms with Gasteiger partial charge in [0.1, 0.15) is 11.4 Å². The number of carbonyl (C=O) groups excluding carboxylic acids is 1. The van der Waals surface area contributed by atoms with E-state index in [1.165, 1.54) is 5.56 Å². The molecule has 0 aliphatic carbocycles. The minimum absolute atomic E-state index is 0.0625. The Morgan fingerprint density at radius 2 is 1.79 bits per heavy atom. The van der Waals surface area contributed by atoms with Crippen molar-refractivity contribution in [1.29, 1.82) is 0 Å². The van der Waals surface area contributed by atoms with Crippen LogP contribution in [0, 0.1) is 0 Å². The summed E-state index contributed by atoms with van der Waals surface area (Å²) in [7, 11) is 0. The van der Waals surface area contributed by atoms with Gasteiger partial charge in [-0.25, -0.2) is 0 Å². The van der Waals surface area contributed by atoms with Crippen LogP contribution in [0.25, 0.3) is 11.3 Å². The second kappa shape index (κ2) is 8.48. The molecule has 1 amide bonds. The fourth-order valence-corrected chi connectivity index (χ4v) is 2.72. The van der Waals surface area contributed by atoms with Gasteiger partial charge in [0.05, 0.1) is 6.54 Å². The molecule has 0 radical (unpaired) electrons. The average Bonchev–Trinajstić information content (AvgIpc) is 3.14. The average molecular weight is 399 g/mol. The van der Waals surface area contributed by atoms with Crippen LogP contribution in [-0.4, -0.2) is 17.7 Å². The summed E-state index contributed by atoms with van der Waals surface area (Å²) < 4.78 is 10.8. The van der Waals surface area contributed by atoms with E-state index in [1.807, 2.05) is 36.4 Å². The van der Waals surface area contributed by atoms with Gasteiger partial charge in [-0.1, -0.05) is 61.8 Å². The molecule has 1 N–H and O–H groups in total. The smallest absolute Gasteiger partial charge is 0.258 e. The van der Waals surface area contributed by atoms with Crippen LogP contribution < -0.4 is 10.1 Å². The highest BCUT2D eigenvalue weighted by Gasteiger charge is 2.13. The van der Waals surface area contributed by atoms with E-state index < -0.39 is 0 Å². The monoisotopic (exact) mass is 398 g/mol. The molecule has 0 saturated heterocycles. The summed E-state index contributed by atoms with van der Waals surface area (Å²) in [5, 5.41) is 7.43. The van der Waals surface area contributed by atoms with Crippen molar-refractivity contribution in [3.63, 3.8) is 0 Å². The van der Waals surface area contributed by atoms with Gasteiger partial charge in [-0.05, 0) is 35.2 Å². The van der Waals surface area contributed by atoms with Crippen molar-refractivity contribution in [3.05, 3.63) is 70.9 Å². The number of hydrogen-bond donors (Lipinski definition) is 1. The maximum Gasteiger partial charge on any atom is 0.258 e. The molecular weight excluding hydrogens is 376 g/mol. The predicted octanol–water partition coefficient (Wildman–Crippen LogP) is 4.99. The lowest BCUT2D eigenvalue weighted by atomic mass is 9.87. The number of aromatic nitrogens is 1. The van der Waals surface area contributed by atoms with Gasteiger partial charge in [0, 0.05) is 16.7 Å².